The molecule has 1 aliphatic heterocycles. The Morgan fingerprint density at radius 2 is 1.85 bits per heavy atom. The molecule has 180 valence electrons. The molecule has 1 aliphatic rings. The predicted octanol–water partition coefficient (Wildman–Crippen LogP) is 5.08. The highest BCUT2D eigenvalue weighted by Gasteiger charge is 2.26. The molecule has 34 heavy (non-hydrogen) atoms. The van der Waals surface area contributed by atoms with E-state index in [0.717, 1.165) is 52.3 Å². The van der Waals surface area contributed by atoms with Gasteiger partial charge in [-0.3, -0.25) is 5.10 Å². The summed E-state index contributed by atoms with van der Waals surface area (Å²) >= 11 is 2.21. The Hall–Kier alpha value is -2.89. The zero-order valence-electron chi connectivity index (χ0n) is 20.2. The molecule has 0 unspecified atom stereocenters. The molecule has 1 aromatic carbocycles. The molecule has 2 amide bonds. The number of rotatable bonds is 5. The molecule has 9 nitrogen and oxygen atoms in total. The fourth-order valence-corrected chi connectivity index (χ4v) is 4.71. The van der Waals surface area contributed by atoms with Crippen LogP contribution in [0, 0.1) is 24.3 Å². The quantitative estimate of drug-likeness (QED) is 0.368. The van der Waals surface area contributed by atoms with Crippen LogP contribution in [-0.4, -0.2) is 63.2 Å². The predicted molar refractivity (Wildman–Crippen MR) is 143 cm³/mol. The number of piperidine rings is 1. The van der Waals surface area contributed by atoms with Crippen LogP contribution in [0.25, 0.3) is 0 Å². The minimum absolute atomic E-state index is 0.0969. The molecule has 4 rings (SSSR count). The van der Waals surface area contributed by atoms with Crippen LogP contribution in [0.3, 0.4) is 0 Å². The van der Waals surface area contributed by atoms with E-state index < -0.39 is 0 Å². The van der Waals surface area contributed by atoms with Crippen molar-refractivity contribution in [2.24, 2.45) is 0 Å². The minimum atomic E-state index is 0.0969. The van der Waals surface area contributed by atoms with E-state index in [1.807, 2.05) is 32.0 Å². The van der Waals surface area contributed by atoms with Crippen molar-refractivity contribution in [1.82, 2.24) is 30.0 Å². The number of halogens is 1. The largest absolute Gasteiger partial charge is 0.331 e. The number of carbonyl (C=O) groups is 1. The molecule has 1 fully saturated rings. The molecule has 0 aliphatic carbocycles. The van der Waals surface area contributed by atoms with E-state index in [1.165, 1.54) is 11.1 Å². The summed E-state index contributed by atoms with van der Waals surface area (Å²) in [5, 5.41) is 13.8. The maximum atomic E-state index is 12.3. The molecule has 3 aromatic rings. The van der Waals surface area contributed by atoms with Crippen LogP contribution in [0.15, 0.2) is 24.4 Å². The third-order valence-corrected chi connectivity index (χ3v) is 6.93. The Kier molecular flexibility index (Phi) is 7.24. The summed E-state index contributed by atoms with van der Waals surface area (Å²) in [5.41, 5.74) is 5.71. The average Bonchev–Trinajstić information content (AvgIpc) is 3.22. The van der Waals surface area contributed by atoms with Gasteiger partial charge >= 0.3 is 6.03 Å². The number of aromatic amines is 1. The molecular weight excluding hydrogens is 543 g/mol. The van der Waals surface area contributed by atoms with Gasteiger partial charge in [0.05, 0.1) is 3.57 Å². The van der Waals surface area contributed by atoms with Gasteiger partial charge in [0.15, 0.2) is 11.6 Å². The lowest BCUT2D eigenvalue weighted by atomic mass is 9.85. The molecule has 1 saturated heterocycles. The number of nitrogens with one attached hydrogen (secondary N) is 3. The zero-order chi connectivity index (χ0) is 24.4. The number of aromatic nitrogens is 4. The summed E-state index contributed by atoms with van der Waals surface area (Å²) in [6, 6.07) is 6.47. The average molecular weight is 574 g/mol. The number of nitrogens with zero attached hydrogens (tertiary/aromatic N) is 5. The van der Waals surface area contributed by atoms with Gasteiger partial charge in [-0.05, 0) is 84.9 Å². The zero-order valence-corrected chi connectivity index (χ0v) is 22.4. The number of benzene rings is 1. The van der Waals surface area contributed by atoms with Gasteiger partial charge in [-0.1, -0.05) is 6.07 Å². The lowest BCUT2D eigenvalue weighted by molar-refractivity contribution is 0.156. The first kappa shape index (κ1) is 24.2. The Labute approximate surface area is 213 Å². The van der Waals surface area contributed by atoms with E-state index in [1.54, 1.807) is 11.1 Å². The summed E-state index contributed by atoms with van der Waals surface area (Å²) < 4.78 is 0.908. The first-order valence-corrected chi connectivity index (χ1v) is 12.4. The van der Waals surface area contributed by atoms with Crippen LogP contribution in [0.4, 0.5) is 28.1 Å². The summed E-state index contributed by atoms with van der Waals surface area (Å²) in [6.07, 6.45) is 3.75. The SMILES string of the molecule is Cc1cc(Nc2nc(Nc3cc(C)c(C4CCN(C(=O)N(C)C)CC4)cc3C)ncc2I)n[nH]1. The molecule has 3 N–H and O–H groups in total. The molecule has 0 radical (unpaired) electrons. The molecule has 2 aromatic heterocycles. The van der Waals surface area contributed by atoms with E-state index in [2.05, 4.69) is 79.4 Å². The number of hydrogen-bond donors (Lipinski definition) is 3. The van der Waals surface area contributed by atoms with Crippen molar-refractivity contribution < 1.29 is 4.79 Å². The molecule has 0 saturated carbocycles. The Balaban J connectivity index is 1.48. The lowest BCUT2D eigenvalue weighted by Gasteiger charge is -2.34. The van der Waals surface area contributed by atoms with Crippen molar-refractivity contribution in [1.29, 1.82) is 0 Å². The van der Waals surface area contributed by atoms with E-state index >= 15 is 0 Å². The van der Waals surface area contributed by atoms with Crippen molar-refractivity contribution in [2.75, 3.05) is 37.8 Å². The van der Waals surface area contributed by atoms with E-state index in [0.29, 0.717) is 17.7 Å². The normalized spacial score (nSPS) is 14.2. The van der Waals surface area contributed by atoms with Gasteiger partial charge in [0.2, 0.25) is 5.95 Å². The van der Waals surface area contributed by atoms with Gasteiger partial charge in [0, 0.05) is 50.8 Å². The first-order chi connectivity index (χ1) is 16.2. The van der Waals surface area contributed by atoms with Crippen molar-refractivity contribution in [3.05, 3.63) is 50.4 Å². The van der Waals surface area contributed by atoms with Gasteiger partial charge in [0.1, 0.15) is 0 Å². The Morgan fingerprint density at radius 1 is 1.12 bits per heavy atom. The summed E-state index contributed by atoms with van der Waals surface area (Å²) in [7, 11) is 3.62. The summed E-state index contributed by atoms with van der Waals surface area (Å²) in [6.45, 7) is 7.80. The second-order valence-corrected chi connectivity index (χ2v) is 10.2. The highest BCUT2D eigenvalue weighted by molar-refractivity contribution is 14.1. The van der Waals surface area contributed by atoms with Crippen molar-refractivity contribution in [3.8, 4) is 0 Å². The second-order valence-electron chi connectivity index (χ2n) is 9.04. The second kappa shape index (κ2) is 10.2. The number of carbonyl (C=O) groups excluding carboxylic acids is 1. The van der Waals surface area contributed by atoms with Crippen molar-refractivity contribution in [3.63, 3.8) is 0 Å². The van der Waals surface area contributed by atoms with E-state index in [4.69, 9.17) is 0 Å². The van der Waals surface area contributed by atoms with E-state index in [9.17, 15) is 4.79 Å². The fourth-order valence-electron chi connectivity index (χ4n) is 4.32. The van der Waals surface area contributed by atoms with Crippen LogP contribution in [0.2, 0.25) is 0 Å². The van der Waals surface area contributed by atoms with Gasteiger partial charge in [-0.2, -0.15) is 10.1 Å². The third-order valence-electron chi connectivity index (χ3n) is 6.14. The minimum Gasteiger partial charge on any atom is -0.331 e. The van der Waals surface area contributed by atoms with Gasteiger partial charge < -0.3 is 20.4 Å². The van der Waals surface area contributed by atoms with Crippen molar-refractivity contribution in [2.45, 2.75) is 39.5 Å². The van der Waals surface area contributed by atoms with Crippen LogP contribution >= 0.6 is 22.6 Å². The number of amides is 2. The Morgan fingerprint density at radius 3 is 2.50 bits per heavy atom. The van der Waals surface area contributed by atoms with Gasteiger partial charge in [0.25, 0.3) is 0 Å². The van der Waals surface area contributed by atoms with E-state index in [-0.39, 0.29) is 6.03 Å². The monoisotopic (exact) mass is 574 g/mol. The first-order valence-electron chi connectivity index (χ1n) is 11.4. The summed E-state index contributed by atoms with van der Waals surface area (Å²) in [5.74, 6) is 2.41. The maximum absolute atomic E-state index is 12.3. The number of H-pyrrole nitrogens is 1. The number of aryl methyl sites for hydroxylation is 3. The number of urea groups is 1. The summed E-state index contributed by atoms with van der Waals surface area (Å²) in [4.78, 5) is 25.0. The van der Waals surface area contributed by atoms with Crippen LogP contribution in [0.1, 0.15) is 41.1 Å². The fraction of sp³-hybridized carbons (Fsp3) is 0.417. The Bertz CT molecular complexity index is 1180. The molecule has 3 heterocycles. The highest BCUT2D eigenvalue weighted by atomic mass is 127. The highest BCUT2D eigenvalue weighted by Crippen LogP contribution is 2.34. The molecular formula is C24H31IN8O. The number of hydrogen-bond acceptors (Lipinski definition) is 6. The smallest absolute Gasteiger partial charge is 0.319 e. The number of likely N-dealkylation sites (tertiary alicyclic amines) is 1. The molecule has 0 atom stereocenters. The molecule has 10 heteroatoms. The maximum Gasteiger partial charge on any atom is 0.319 e. The molecule has 0 spiro atoms. The van der Waals surface area contributed by atoms with Gasteiger partial charge in [-0.25, -0.2) is 9.78 Å². The van der Waals surface area contributed by atoms with Crippen molar-refractivity contribution >= 4 is 51.9 Å². The topological polar surface area (TPSA) is 102 Å². The third kappa shape index (κ3) is 5.43. The van der Waals surface area contributed by atoms with Crippen LogP contribution < -0.4 is 10.6 Å². The molecule has 0 bridgehead atoms. The standard InChI is InChI=1S/C24H31IN8O/c1-14-11-20(15(2)10-18(14)17-6-8-33(9-7-17)24(34)32(4)5)27-23-26-13-19(25)22(29-23)28-21-12-16(3)30-31-21/h10-13,17H,6-9H2,1-5H3,(H3,26,27,28,29,30,31). The number of anilines is 4. The van der Waals surface area contributed by atoms with Gasteiger partial charge in [-0.15, -0.1) is 0 Å². The van der Waals surface area contributed by atoms with Crippen LogP contribution in [0.5, 0.6) is 0 Å². The lowest BCUT2D eigenvalue weighted by Crippen LogP contribution is -2.43. The van der Waals surface area contributed by atoms with Crippen LogP contribution in [-0.2, 0) is 0 Å².